The molecule has 0 spiro atoms. The summed E-state index contributed by atoms with van der Waals surface area (Å²) in [6.45, 7) is 11.2. The summed E-state index contributed by atoms with van der Waals surface area (Å²) >= 11 is 0. The first-order chi connectivity index (χ1) is 20.3. The molecule has 0 radical (unpaired) electrons. The number of rotatable bonds is 36. The molecule has 0 bridgehead atoms. The van der Waals surface area contributed by atoms with Crippen molar-refractivity contribution in [2.75, 3.05) is 119 Å². The van der Waals surface area contributed by atoms with Gasteiger partial charge in [0.15, 0.2) is 0 Å². The van der Waals surface area contributed by atoms with Gasteiger partial charge in [0.2, 0.25) is 0 Å². The molecule has 0 amide bonds. The summed E-state index contributed by atoms with van der Waals surface area (Å²) < 4.78 is 48.4. The summed E-state index contributed by atoms with van der Waals surface area (Å²) in [5, 5.41) is 0. The maximum Gasteiger partial charge on any atom is 0.305 e. The van der Waals surface area contributed by atoms with Crippen LogP contribution in [0.2, 0.25) is 0 Å². The molecule has 0 fully saturated rings. The normalized spacial score (nSPS) is 11.4. The van der Waals surface area contributed by atoms with E-state index in [-0.39, 0.29) is 5.97 Å². The van der Waals surface area contributed by atoms with E-state index in [1.165, 1.54) is 44.9 Å². The van der Waals surface area contributed by atoms with Crippen LogP contribution in [0.4, 0.5) is 0 Å². The Labute approximate surface area is 249 Å². The van der Waals surface area contributed by atoms with Crippen LogP contribution in [0.1, 0.15) is 71.1 Å². The van der Waals surface area contributed by atoms with Gasteiger partial charge in [0.1, 0.15) is 6.61 Å². The molecule has 2 N–H and O–H groups in total. The molecule has 0 unspecified atom stereocenters. The molecule has 0 atom stereocenters. The first-order valence-electron chi connectivity index (χ1n) is 15.8. The maximum atomic E-state index is 11.7. The molecule has 41 heavy (non-hydrogen) atoms. The molecular formula is C30H61NO10. The van der Waals surface area contributed by atoms with Gasteiger partial charge in [-0.1, -0.05) is 58.3 Å². The van der Waals surface area contributed by atoms with Gasteiger partial charge in [-0.2, -0.15) is 0 Å². The molecule has 0 heterocycles. The largest absolute Gasteiger partial charge is 0.463 e. The molecule has 0 aliphatic rings. The van der Waals surface area contributed by atoms with Gasteiger partial charge >= 0.3 is 5.97 Å². The summed E-state index contributed by atoms with van der Waals surface area (Å²) in [5.74, 6) is -0.134. The first kappa shape index (κ1) is 40.1. The van der Waals surface area contributed by atoms with Gasteiger partial charge in [0.25, 0.3) is 0 Å². The summed E-state index contributed by atoms with van der Waals surface area (Å²) in [7, 11) is 0. The van der Waals surface area contributed by atoms with Crippen molar-refractivity contribution < 1.29 is 47.4 Å². The Kier molecular flexibility index (Phi) is 36.3. The Morgan fingerprint density at radius 3 is 1.05 bits per heavy atom. The molecule has 0 aromatic carbocycles. The lowest BCUT2D eigenvalue weighted by atomic mass is 10.1. The predicted octanol–water partition coefficient (Wildman–Crippen LogP) is 3.54. The van der Waals surface area contributed by atoms with Crippen molar-refractivity contribution in [3.63, 3.8) is 0 Å². The van der Waals surface area contributed by atoms with Crippen LogP contribution in [0.3, 0.4) is 0 Å². The van der Waals surface area contributed by atoms with E-state index in [9.17, 15) is 4.79 Å². The first-order valence-corrected chi connectivity index (χ1v) is 15.8. The van der Waals surface area contributed by atoms with Gasteiger partial charge in [-0.15, -0.1) is 0 Å². The maximum absolute atomic E-state index is 11.7. The minimum absolute atomic E-state index is 0.134. The summed E-state index contributed by atoms with van der Waals surface area (Å²) in [4.78, 5) is 11.7. The van der Waals surface area contributed by atoms with Crippen molar-refractivity contribution in [2.45, 2.75) is 71.1 Å². The molecule has 0 aliphatic heterocycles. The van der Waals surface area contributed by atoms with Crippen molar-refractivity contribution in [1.82, 2.24) is 0 Å². The van der Waals surface area contributed by atoms with E-state index in [2.05, 4.69) is 6.92 Å². The standard InChI is InChI=1S/C30H61NO10/c1-2-3-4-5-6-7-8-9-10-11-30(32)41-29-28-40-27-26-39-25-24-38-23-22-37-21-20-36-19-18-35-17-16-34-15-14-33-13-12-31/h2-29,31H2,1H3. The minimum Gasteiger partial charge on any atom is -0.463 e. The molecule has 246 valence electrons. The van der Waals surface area contributed by atoms with Gasteiger partial charge in [-0.05, 0) is 6.42 Å². The smallest absolute Gasteiger partial charge is 0.305 e. The number of unbranched alkanes of at least 4 members (excludes halogenated alkanes) is 8. The number of ether oxygens (including phenoxy) is 9. The van der Waals surface area contributed by atoms with E-state index in [4.69, 9.17) is 48.4 Å². The lowest BCUT2D eigenvalue weighted by Crippen LogP contribution is -2.15. The van der Waals surface area contributed by atoms with Gasteiger partial charge in [0, 0.05) is 13.0 Å². The zero-order valence-electron chi connectivity index (χ0n) is 26.0. The van der Waals surface area contributed by atoms with E-state index in [1.807, 2.05) is 0 Å². The topological polar surface area (TPSA) is 126 Å². The van der Waals surface area contributed by atoms with Crippen molar-refractivity contribution in [2.24, 2.45) is 5.73 Å². The van der Waals surface area contributed by atoms with Crippen LogP contribution >= 0.6 is 0 Å². The molecule has 0 aromatic rings. The third kappa shape index (κ3) is 37.1. The van der Waals surface area contributed by atoms with E-state index < -0.39 is 0 Å². The van der Waals surface area contributed by atoms with Crippen LogP contribution in [0.15, 0.2) is 0 Å². The van der Waals surface area contributed by atoms with Gasteiger partial charge < -0.3 is 48.4 Å². The number of nitrogens with two attached hydrogens (primary N) is 1. The Hall–Kier alpha value is -0.890. The number of hydrogen-bond donors (Lipinski definition) is 1. The Balaban J connectivity index is 3.11. The molecule has 11 nitrogen and oxygen atoms in total. The average Bonchev–Trinajstić information content (AvgIpc) is 2.98. The fraction of sp³-hybridized carbons (Fsp3) is 0.967. The fourth-order valence-corrected chi connectivity index (χ4v) is 3.59. The van der Waals surface area contributed by atoms with Crippen LogP contribution in [0, 0.1) is 0 Å². The zero-order chi connectivity index (χ0) is 29.7. The summed E-state index contributed by atoms with van der Waals surface area (Å²) in [6, 6.07) is 0. The molecule has 0 rings (SSSR count). The number of esters is 1. The van der Waals surface area contributed by atoms with Crippen LogP contribution in [-0.2, 0) is 47.4 Å². The van der Waals surface area contributed by atoms with E-state index >= 15 is 0 Å². The lowest BCUT2D eigenvalue weighted by Gasteiger charge is -2.09. The molecule has 0 aromatic heterocycles. The van der Waals surface area contributed by atoms with Crippen molar-refractivity contribution in [3.05, 3.63) is 0 Å². The molecule has 0 saturated carbocycles. The molecule has 0 aliphatic carbocycles. The second kappa shape index (κ2) is 37.1. The Morgan fingerprint density at radius 2 is 0.707 bits per heavy atom. The minimum atomic E-state index is -0.134. The van der Waals surface area contributed by atoms with Crippen LogP contribution in [-0.4, -0.2) is 125 Å². The van der Waals surface area contributed by atoms with E-state index in [0.717, 1.165) is 12.8 Å². The molecular weight excluding hydrogens is 534 g/mol. The molecule has 11 heteroatoms. The highest BCUT2D eigenvalue weighted by atomic mass is 16.6. The van der Waals surface area contributed by atoms with Crippen LogP contribution < -0.4 is 5.73 Å². The number of hydrogen-bond acceptors (Lipinski definition) is 11. The highest BCUT2D eigenvalue weighted by molar-refractivity contribution is 5.69. The average molecular weight is 596 g/mol. The van der Waals surface area contributed by atoms with E-state index in [1.54, 1.807) is 0 Å². The second-order valence-corrected chi connectivity index (χ2v) is 9.49. The van der Waals surface area contributed by atoms with Gasteiger partial charge in [0.05, 0.1) is 106 Å². The van der Waals surface area contributed by atoms with Gasteiger partial charge in [-0.25, -0.2) is 0 Å². The second-order valence-electron chi connectivity index (χ2n) is 9.49. The van der Waals surface area contributed by atoms with Crippen molar-refractivity contribution in [1.29, 1.82) is 0 Å². The summed E-state index contributed by atoms with van der Waals surface area (Å²) in [6.07, 6.45) is 11.6. The third-order valence-electron chi connectivity index (χ3n) is 5.84. The highest BCUT2D eigenvalue weighted by Crippen LogP contribution is 2.10. The Morgan fingerprint density at radius 1 is 0.415 bits per heavy atom. The molecule has 0 saturated heterocycles. The van der Waals surface area contributed by atoms with Crippen molar-refractivity contribution in [3.8, 4) is 0 Å². The SMILES string of the molecule is CCCCCCCCCCCC(=O)OCCOCCOCCOCCOCCOCCOCCOCCOCCN. The summed E-state index contributed by atoms with van der Waals surface area (Å²) in [5.41, 5.74) is 5.33. The number of carbonyl (C=O) groups excluding carboxylic acids is 1. The van der Waals surface area contributed by atoms with Gasteiger partial charge in [-0.3, -0.25) is 4.79 Å². The van der Waals surface area contributed by atoms with Crippen LogP contribution in [0.5, 0.6) is 0 Å². The quantitative estimate of drug-likeness (QED) is 0.0844. The Bertz CT molecular complexity index is 502. The fourth-order valence-electron chi connectivity index (χ4n) is 3.59. The third-order valence-corrected chi connectivity index (χ3v) is 5.84. The van der Waals surface area contributed by atoms with E-state index in [0.29, 0.717) is 125 Å². The highest BCUT2D eigenvalue weighted by Gasteiger charge is 2.03. The van der Waals surface area contributed by atoms with Crippen LogP contribution in [0.25, 0.3) is 0 Å². The zero-order valence-corrected chi connectivity index (χ0v) is 26.0. The monoisotopic (exact) mass is 595 g/mol. The predicted molar refractivity (Wildman–Crippen MR) is 158 cm³/mol. The van der Waals surface area contributed by atoms with Crippen molar-refractivity contribution >= 4 is 5.97 Å². The lowest BCUT2D eigenvalue weighted by molar-refractivity contribution is -0.145. The number of carbonyl (C=O) groups is 1.